The molecular weight excluding hydrogens is 379 g/mol. The Morgan fingerprint density at radius 1 is 0.852 bits per heavy atom. The Balaban J connectivity index is 1.74. The smallest absolute Gasteiger partial charge is 0.129 e. The minimum atomic E-state index is -0.0651. The molecule has 1 aliphatic heterocycles. The molecule has 2 unspecified atom stereocenters. The normalized spacial score (nSPS) is 18.7. The molecule has 0 aliphatic carbocycles. The lowest BCUT2D eigenvalue weighted by molar-refractivity contribution is 0.414. The van der Waals surface area contributed by atoms with E-state index in [1.807, 2.05) is 72.8 Å². The molecule has 5 heteroatoms. The van der Waals surface area contributed by atoms with E-state index in [0.717, 1.165) is 28.3 Å². The van der Waals surface area contributed by atoms with Gasteiger partial charge in [-0.15, -0.1) is 0 Å². The number of rotatable bonds is 4. The van der Waals surface area contributed by atoms with E-state index in [4.69, 9.17) is 32.9 Å². The summed E-state index contributed by atoms with van der Waals surface area (Å²) < 4.78 is 5.35. The Hall–Kier alpha value is -2.49. The van der Waals surface area contributed by atoms with Gasteiger partial charge in [0, 0.05) is 15.6 Å². The number of hydrogen-bond donors (Lipinski definition) is 1. The maximum absolute atomic E-state index is 6.07. The maximum atomic E-state index is 6.07. The van der Waals surface area contributed by atoms with Crippen LogP contribution in [0.4, 0.5) is 0 Å². The number of aliphatic imine (C=N–C) groups is 1. The minimum absolute atomic E-state index is 0.00430. The first kappa shape index (κ1) is 17.9. The first-order valence-electron chi connectivity index (χ1n) is 8.64. The Morgan fingerprint density at radius 2 is 1.48 bits per heavy atom. The number of benzene rings is 3. The van der Waals surface area contributed by atoms with Gasteiger partial charge < -0.3 is 10.1 Å². The molecule has 0 aromatic heterocycles. The van der Waals surface area contributed by atoms with Gasteiger partial charge in [0.15, 0.2) is 0 Å². The minimum Gasteiger partial charge on any atom is -0.497 e. The molecule has 0 radical (unpaired) electrons. The molecule has 3 aromatic rings. The zero-order valence-electron chi connectivity index (χ0n) is 14.7. The summed E-state index contributed by atoms with van der Waals surface area (Å²) in [5.41, 5.74) is 3.22. The summed E-state index contributed by atoms with van der Waals surface area (Å²) in [5.74, 6) is 1.64. The molecule has 1 aliphatic rings. The molecule has 27 heavy (non-hydrogen) atoms. The lowest BCUT2D eigenvalue weighted by atomic mass is 9.95. The van der Waals surface area contributed by atoms with Crippen molar-refractivity contribution >= 4 is 29.0 Å². The SMILES string of the molecule is COc1cccc(C2=NC(c3ccc(Cl)cc3)C(c3ccc(Cl)cc3)N2)c1. The van der Waals surface area contributed by atoms with E-state index >= 15 is 0 Å². The zero-order chi connectivity index (χ0) is 18.8. The van der Waals surface area contributed by atoms with Crippen LogP contribution in [0, 0.1) is 0 Å². The Bertz CT molecular complexity index is 968. The van der Waals surface area contributed by atoms with Crippen molar-refractivity contribution in [1.82, 2.24) is 5.32 Å². The lowest BCUT2D eigenvalue weighted by Gasteiger charge is -2.20. The molecule has 0 spiro atoms. The third-order valence-electron chi connectivity index (χ3n) is 4.66. The van der Waals surface area contributed by atoms with E-state index < -0.39 is 0 Å². The Kier molecular flexibility index (Phi) is 5.06. The molecule has 2 atom stereocenters. The summed E-state index contributed by atoms with van der Waals surface area (Å²) >= 11 is 12.1. The van der Waals surface area contributed by atoms with E-state index in [9.17, 15) is 0 Å². The number of ether oxygens (including phenoxy) is 1. The quantitative estimate of drug-likeness (QED) is 0.601. The van der Waals surface area contributed by atoms with E-state index in [2.05, 4.69) is 5.32 Å². The molecular formula is C22H18Cl2N2O. The van der Waals surface area contributed by atoms with Gasteiger partial charge in [0.25, 0.3) is 0 Å². The fourth-order valence-electron chi connectivity index (χ4n) is 3.27. The van der Waals surface area contributed by atoms with E-state index in [0.29, 0.717) is 10.0 Å². The highest BCUT2D eigenvalue weighted by Gasteiger charge is 2.31. The van der Waals surface area contributed by atoms with Gasteiger partial charge in [-0.1, -0.05) is 59.6 Å². The average Bonchev–Trinajstić information content (AvgIpc) is 3.14. The summed E-state index contributed by atoms with van der Waals surface area (Å²) in [6.07, 6.45) is 0. The van der Waals surface area contributed by atoms with Gasteiger partial charge in [-0.3, -0.25) is 4.99 Å². The second-order valence-electron chi connectivity index (χ2n) is 6.38. The topological polar surface area (TPSA) is 33.6 Å². The van der Waals surface area contributed by atoms with Gasteiger partial charge in [0.1, 0.15) is 17.6 Å². The number of halogens is 2. The van der Waals surface area contributed by atoms with Crippen LogP contribution in [0.5, 0.6) is 5.75 Å². The summed E-state index contributed by atoms with van der Waals surface area (Å²) in [5, 5.41) is 5.01. The van der Waals surface area contributed by atoms with Crippen LogP contribution in [0.1, 0.15) is 28.8 Å². The first-order valence-corrected chi connectivity index (χ1v) is 9.39. The van der Waals surface area contributed by atoms with Crippen LogP contribution in [0.3, 0.4) is 0 Å². The summed E-state index contributed by atoms with van der Waals surface area (Å²) in [4.78, 5) is 4.99. The van der Waals surface area contributed by atoms with Crippen LogP contribution in [0.15, 0.2) is 77.8 Å². The maximum Gasteiger partial charge on any atom is 0.129 e. The third-order valence-corrected chi connectivity index (χ3v) is 5.16. The molecule has 3 aromatic carbocycles. The van der Waals surface area contributed by atoms with Crippen molar-refractivity contribution in [2.45, 2.75) is 12.1 Å². The Morgan fingerprint density at radius 3 is 2.11 bits per heavy atom. The standard InChI is InChI=1S/C22H18Cl2N2O/c1-27-19-4-2-3-16(13-19)22-25-20(14-5-9-17(23)10-6-14)21(26-22)15-7-11-18(24)12-8-15/h2-13,20-21H,1H3,(H,25,26). The fraction of sp³-hybridized carbons (Fsp3) is 0.136. The predicted molar refractivity (Wildman–Crippen MR) is 111 cm³/mol. The fourth-order valence-corrected chi connectivity index (χ4v) is 3.52. The molecule has 1 heterocycles. The molecule has 0 bridgehead atoms. The second kappa shape index (κ2) is 7.63. The van der Waals surface area contributed by atoms with Crippen molar-refractivity contribution in [3.8, 4) is 5.75 Å². The molecule has 3 nitrogen and oxygen atoms in total. The third kappa shape index (κ3) is 3.80. The van der Waals surface area contributed by atoms with Gasteiger partial charge in [-0.05, 0) is 47.5 Å². The van der Waals surface area contributed by atoms with Crippen molar-refractivity contribution in [2.24, 2.45) is 4.99 Å². The van der Waals surface area contributed by atoms with E-state index in [-0.39, 0.29) is 12.1 Å². The van der Waals surface area contributed by atoms with Crippen LogP contribution in [0.2, 0.25) is 10.0 Å². The van der Waals surface area contributed by atoms with Crippen LogP contribution in [-0.4, -0.2) is 12.9 Å². The highest BCUT2D eigenvalue weighted by molar-refractivity contribution is 6.30. The van der Waals surface area contributed by atoms with Gasteiger partial charge in [0.2, 0.25) is 0 Å². The summed E-state index contributed by atoms with van der Waals surface area (Å²) in [6.45, 7) is 0. The Labute approximate surface area is 168 Å². The lowest BCUT2D eigenvalue weighted by Crippen LogP contribution is -2.25. The molecule has 136 valence electrons. The predicted octanol–water partition coefficient (Wildman–Crippen LogP) is 5.83. The highest BCUT2D eigenvalue weighted by atomic mass is 35.5. The van der Waals surface area contributed by atoms with Gasteiger partial charge >= 0.3 is 0 Å². The molecule has 0 saturated heterocycles. The van der Waals surface area contributed by atoms with Crippen molar-refractivity contribution in [3.63, 3.8) is 0 Å². The van der Waals surface area contributed by atoms with E-state index in [1.54, 1.807) is 7.11 Å². The van der Waals surface area contributed by atoms with Crippen molar-refractivity contribution in [3.05, 3.63) is 99.5 Å². The van der Waals surface area contributed by atoms with E-state index in [1.165, 1.54) is 0 Å². The van der Waals surface area contributed by atoms with Crippen LogP contribution in [-0.2, 0) is 0 Å². The monoisotopic (exact) mass is 396 g/mol. The molecule has 0 fully saturated rings. The van der Waals surface area contributed by atoms with Crippen molar-refractivity contribution < 1.29 is 4.74 Å². The van der Waals surface area contributed by atoms with Crippen molar-refractivity contribution in [2.75, 3.05) is 7.11 Å². The second-order valence-corrected chi connectivity index (χ2v) is 7.25. The molecule has 0 amide bonds. The number of methoxy groups -OCH3 is 1. The summed E-state index contributed by atoms with van der Waals surface area (Å²) in [7, 11) is 1.66. The molecule has 1 N–H and O–H groups in total. The number of nitrogens with zero attached hydrogens (tertiary/aromatic N) is 1. The molecule has 4 rings (SSSR count). The first-order chi connectivity index (χ1) is 13.1. The van der Waals surface area contributed by atoms with Gasteiger partial charge in [-0.2, -0.15) is 0 Å². The van der Waals surface area contributed by atoms with Gasteiger partial charge in [-0.25, -0.2) is 0 Å². The van der Waals surface area contributed by atoms with Gasteiger partial charge in [0.05, 0.1) is 13.2 Å². The van der Waals surface area contributed by atoms with Crippen LogP contribution < -0.4 is 10.1 Å². The van der Waals surface area contributed by atoms with Crippen LogP contribution in [0.25, 0.3) is 0 Å². The van der Waals surface area contributed by atoms with Crippen molar-refractivity contribution in [1.29, 1.82) is 0 Å². The number of nitrogens with one attached hydrogen (secondary N) is 1. The number of hydrogen-bond acceptors (Lipinski definition) is 3. The number of amidine groups is 1. The average molecular weight is 397 g/mol. The molecule has 0 saturated carbocycles. The van der Waals surface area contributed by atoms with Crippen LogP contribution >= 0.6 is 23.2 Å². The zero-order valence-corrected chi connectivity index (χ0v) is 16.2. The summed E-state index contributed by atoms with van der Waals surface area (Å²) in [6, 6.07) is 23.6. The highest BCUT2D eigenvalue weighted by Crippen LogP contribution is 2.38. The largest absolute Gasteiger partial charge is 0.497 e.